The SMILES string of the molecule is CC(C)(C)OC(=O)N1CCC[C@]1(O)CO[Si](c1ccccc1)(c1ccccc1)C(C)(C)C. The van der Waals surface area contributed by atoms with Crippen molar-refractivity contribution in [3.05, 3.63) is 60.7 Å². The maximum absolute atomic E-state index is 12.8. The first-order valence-electron chi connectivity index (χ1n) is 11.4. The molecule has 0 saturated carbocycles. The summed E-state index contributed by atoms with van der Waals surface area (Å²) in [5.41, 5.74) is -2.02. The summed E-state index contributed by atoms with van der Waals surface area (Å²) in [5.74, 6) is 0. The zero-order valence-corrected chi connectivity index (χ0v) is 21.2. The summed E-state index contributed by atoms with van der Waals surface area (Å²) < 4.78 is 12.5. The van der Waals surface area contributed by atoms with Crippen LogP contribution in [0.1, 0.15) is 54.4 Å². The lowest BCUT2D eigenvalue weighted by atomic mass is 10.2. The molecule has 0 radical (unpaired) electrons. The molecule has 1 heterocycles. The molecule has 1 aliphatic rings. The summed E-state index contributed by atoms with van der Waals surface area (Å²) in [6.45, 7) is 12.6. The van der Waals surface area contributed by atoms with E-state index in [1.54, 1.807) is 0 Å². The van der Waals surface area contributed by atoms with Crippen LogP contribution in [0, 0.1) is 0 Å². The zero-order valence-electron chi connectivity index (χ0n) is 20.2. The number of ether oxygens (including phenoxy) is 1. The number of benzene rings is 2. The van der Waals surface area contributed by atoms with Crippen LogP contribution in [0.2, 0.25) is 5.04 Å². The van der Waals surface area contributed by atoms with Crippen LogP contribution >= 0.6 is 0 Å². The number of rotatable bonds is 5. The van der Waals surface area contributed by atoms with Crippen LogP contribution in [0.4, 0.5) is 4.79 Å². The molecular weight excluding hydrogens is 418 g/mol. The van der Waals surface area contributed by atoms with E-state index in [9.17, 15) is 9.90 Å². The van der Waals surface area contributed by atoms with Crippen molar-refractivity contribution in [2.45, 2.75) is 70.7 Å². The van der Waals surface area contributed by atoms with Gasteiger partial charge in [-0.05, 0) is 49.0 Å². The molecule has 0 bridgehead atoms. The number of amides is 1. The molecule has 0 spiro atoms. The average Bonchev–Trinajstić information content (AvgIpc) is 3.10. The third kappa shape index (κ3) is 4.92. The highest BCUT2D eigenvalue weighted by molar-refractivity contribution is 6.99. The second-order valence-corrected chi connectivity index (χ2v) is 15.0. The first-order chi connectivity index (χ1) is 14.9. The van der Waals surface area contributed by atoms with E-state index in [0.717, 1.165) is 10.4 Å². The minimum absolute atomic E-state index is 0.0412. The third-order valence-electron chi connectivity index (χ3n) is 6.01. The molecule has 1 fully saturated rings. The molecule has 0 aliphatic carbocycles. The Hall–Kier alpha value is -2.15. The van der Waals surface area contributed by atoms with Crippen LogP contribution in [-0.2, 0) is 9.16 Å². The summed E-state index contributed by atoms with van der Waals surface area (Å²) in [4.78, 5) is 14.3. The summed E-state index contributed by atoms with van der Waals surface area (Å²) in [6.07, 6.45) is 0.674. The minimum Gasteiger partial charge on any atom is -0.444 e. The van der Waals surface area contributed by atoms with E-state index in [1.165, 1.54) is 4.90 Å². The Morgan fingerprint density at radius 1 is 0.969 bits per heavy atom. The quantitative estimate of drug-likeness (QED) is 0.684. The van der Waals surface area contributed by atoms with Crippen molar-refractivity contribution in [1.29, 1.82) is 0 Å². The average molecular weight is 456 g/mol. The molecule has 1 saturated heterocycles. The minimum atomic E-state index is -2.81. The second kappa shape index (κ2) is 9.00. The highest BCUT2D eigenvalue weighted by Crippen LogP contribution is 2.38. The van der Waals surface area contributed by atoms with Gasteiger partial charge in [0.2, 0.25) is 0 Å². The van der Waals surface area contributed by atoms with Gasteiger partial charge in [-0.2, -0.15) is 0 Å². The number of likely N-dealkylation sites (tertiary alicyclic amines) is 1. The monoisotopic (exact) mass is 455 g/mol. The smallest absolute Gasteiger partial charge is 0.412 e. The first kappa shape index (κ1) is 24.5. The standard InChI is InChI=1S/C26H37NO4Si/c1-24(2,3)31-23(28)27-19-13-18-26(27,29)20-30-32(25(4,5)6,21-14-9-7-10-15-21)22-16-11-8-12-17-22/h7-12,14-17,29H,13,18-20H2,1-6H3/t26-/m0/s1. The number of nitrogens with zero attached hydrogens (tertiary/aromatic N) is 1. The van der Waals surface area contributed by atoms with Crippen LogP contribution in [-0.4, -0.2) is 48.9 Å². The highest BCUT2D eigenvalue weighted by Gasteiger charge is 2.53. The Balaban J connectivity index is 2.00. The molecule has 1 atom stereocenters. The highest BCUT2D eigenvalue weighted by atomic mass is 28.4. The Bertz CT molecular complexity index is 865. The predicted octanol–water partition coefficient (Wildman–Crippen LogP) is 4.28. The van der Waals surface area contributed by atoms with Crippen molar-refractivity contribution >= 4 is 24.8 Å². The van der Waals surface area contributed by atoms with Crippen molar-refractivity contribution in [3.63, 3.8) is 0 Å². The number of hydrogen-bond acceptors (Lipinski definition) is 4. The second-order valence-electron chi connectivity index (χ2n) is 10.7. The molecule has 1 N–H and O–H groups in total. The maximum Gasteiger partial charge on any atom is 0.412 e. The van der Waals surface area contributed by atoms with E-state index in [-0.39, 0.29) is 11.6 Å². The van der Waals surface area contributed by atoms with Crippen molar-refractivity contribution < 1.29 is 19.1 Å². The Kier molecular flexibility index (Phi) is 6.89. The predicted molar refractivity (Wildman–Crippen MR) is 131 cm³/mol. The van der Waals surface area contributed by atoms with Gasteiger partial charge in [0, 0.05) is 6.54 Å². The van der Waals surface area contributed by atoms with Gasteiger partial charge in [-0.25, -0.2) is 4.79 Å². The van der Waals surface area contributed by atoms with Gasteiger partial charge >= 0.3 is 6.09 Å². The van der Waals surface area contributed by atoms with E-state index in [2.05, 4.69) is 45.0 Å². The van der Waals surface area contributed by atoms with Gasteiger partial charge in [0.1, 0.15) is 5.60 Å². The lowest BCUT2D eigenvalue weighted by Gasteiger charge is -2.45. The maximum atomic E-state index is 12.8. The Morgan fingerprint density at radius 3 is 1.91 bits per heavy atom. The van der Waals surface area contributed by atoms with Gasteiger partial charge in [-0.15, -0.1) is 0 Å². The molecule has 32 heavy (non-hydrogen) atoms. The van der Waals surface area contributed by atoms with Gasteiger partial charge in [0.25, 0.3) is 8.32 Å². The number of hydrogen-bond donors (Lipinski definition) is 1. The van der Waals surface area contributed by atoms with E-state index < -0.39 is 25.7 Å². The van der Waals surface area contributed by atoms with Crippen molar-refractivity contribution in [2.75, 3.05) is 13.2 Å². The van der Waals surface area contributed by atoms with Crippen LogP contribution < -0.4 is 10.4 Å². The Labute approximate surface area is 193 Å². The number of carbonyl (C=O) groups is 1. The Morgan fingerprint density at radius 2 is 1.47 bits per heavy atom. The van der Waals surface area contributed by atoms with Gasteiger partial charge in [0.15, 0.2) is 5.72 Å². The summed E-state index contributed by atoms with van der Waals surface area (Å²) in [5, 5.41) is 13.6. The molecule has 5 nitrogen and oxygen atoms in total. The normalized spacial score (nSPS) is 19.8. The molecule has 1 aliphatic heterocycles. The summed E-state index contributed by atoms with van der Waals surface area (Å²) in [7, 11) is -2.81. The van der Waals surface area contributed by atoms with E-state index in [0.29, 0.717) is 19.4 Å². The lowest BCUT2D eigenvalue weighted by molar-refractivity contribution is -0.108. The first-order valence-corrected chi connectivity index (χ1v) is 13.3. The van der Waals surface area contributed by atoms with Crippen molar-refractivity contribution in [2.24, 2.45) is 0 Å². The van der Waals surface area contributed by atoms with E-state index in [1.807, 2.05) is 57.2 Å². The van der Waals surface area contributed by atoms with Crippen LogP contribution in [0.25, 0.3) is 0 Å². The van der Waals surface area contributed by atoms with Crippen LogP contribution in [0.5, 0.6) is 0 Å². The van der Waals surface area contributed by atoms with Gasteiger partial charge in [-0.1, -0.05) is 81.4 Å². The van der Waals surface area contributed by atoms with E-state index in [4.69, 9.17) is 9.16 Å². The fourth-order valence-corrected chi connectivity index (χ4v) is 9.18. The fraction of sp³-hybridized carbons (Fsp3) is 0.500. The third-order valence-corrected chi connectivity index (χ3v) is 11.0. The molecule has 2 aromatic rings. The number of carbonyl (C=O) groups excluding carboxylic acids is 1. The molecular formula is C26H37NO4Si. The van der Waals surface area contributed by atoms with Crippen LogP contribution in [0.15, 0.2) is 60.7 Å². The molecule has 1 amide bonds. The van der Waals surface area contributed by atoms with Gasteiger partial charge < -0.3 is 14.3 Å². The number of aliphatic hydroxyl groups is 1. The zero-order chi connectivity index (χ0) is 23.6. The summed E-state index contributed by atoms with van der Waals surface area (Å²) >= 11 is 0. The van der Waals surface area contributed by atoms with Crippen molar-refractivity contribution in [3.8, 4) is 0 Å². The lowest BCUT2D eigenvalue weighted by Crippen LogP contribution is -2.68. The van der Waals surface area contributed by atoms with Gasteiger partial charge in [0.05, 0.1) is 6.61 Å². The van der Waals surface area contributed by atoms with Gasteiger partial charge in [-0.3, -0.25) is 4.90 Å². The van der Waals surface area contributed by atoms with Crippen molar-refractivity contribution in [1.82, 2.24) is 4.90 Å². The molecule has 6 heteroatoms. The van der Waals surface area contributed by atoms with Crippen LogP contribution in [0.3, 0.4) is 0 Å². The molecule has 0 aromatic heterocycles. The largest absolute Gasteiger partial charge is 0.444 e. The van der Waals surface area contributed by atoms with E-state index >= 15 is 0 Å². The molecule has 2 aromatic carbocycles. The molecule has 174 valence electrons. The fourth-order valence-electron chi connectivity index (χ4n) is 4.58. The molecule has 3 rings (SSSR count). The summed E-state index contributed by atoms with van der Waals surface area (Å²) in [6, 6.07) is 20.6. The molecule has 0 unspecified atom stereocenters. The topological polar surface area (TPSA) is 59.0 Å².